The predicted molar refractivity (Wildman–Crippen MR) is 137 cm³/mol. The summed E-state index contributed by atoms with van der Waals surface area (Å²) in [4.78, 5) is 8.89. The second-order valence-electron chi connectivity index (χ2n) is 8.80. The van der Waals surface area contributed by atoms with Gasteiger partial charge in [0.1, 0.15) is 18.5 Å². The van der Waals surface area contributed by atoms with Gasteiger partial charge in [-0.15, -0.1) is 0 Å². The second-order valence-corrected chi connectivity index (χ2v) is 9.64. The lowest BCUT2D eigenvalue weighted by Crippen LogP contribution is -2.46. The van der Waals surface area contributed by atoms with Gasteiger partial charge in [0.2, 0.25) is 5.79 Å². The van der Waals surface area contributed by atoms with E-state index in [9.17, 15) is 0 Å². The van der Waals surface area contributed by atoms with Crippen LogP contribution in [0.1, 0.15) is 5.56 Å². The Bertz CT molecular complexity index is 1100. The Morgan fingerprint density at radius 2 is 1.89 bits per heavy atom. The van der Waals surface area contributed by atoms with Crippen LogP contribution in [0, 0.1) is 6.92 Å². The molecule has 0 saturated carbocycles. The summed E-state index contributed by atoms with van der Waals surface area (Å²) in [5.41, 5.74) is 1.93. The van der Waals surface area contributed by atoms with Gasteiger partial charge >= 0.3 is 0 Å². The quantitative estimate of drug-likeness (QED) is 0.440. The first-order valence-corrected chi connectivity index (χ1v) is 12.5. The molecule has 0 aliphatic carbocycles. The van der Waals surface area contributed by atoms with Crippen molar-refractivity contribution in [1.82, 2.24) is 14.5 Å². The molecular weight excluding hydrogens is 487 g/mol. The third kappa shape index (κ3) is 5.60. The predicted octanol–water partition coefficient (Wildman–Crippen LogP) is 4.49. The van der Waals surface area contributed by atoms with Crippen LogP contribution >= 0.6 is 23.2 Å². The molecule has 9 heteroatoms. The van der Waals surface area contributed by atoms with Crippen LogP contribution in [0.2, 0.25) is 10.0 Å². The Hall–Kier alpha value is -2.29. The molecule has 2 aliphatic rings. The SMILES string of the molecule is [CH2]CN1CCN(c2ccc(OCC3COC(Cn4ccnc4)(c4ccc(Cl)cc4Cl)O3)cc2)CC1. The molecule has 0 amide bonds. The average Bonchev–Trinajstić information content (AvgIpc) is 3.54. The van der Waals surface area contributed by atoms with Gasteiger partial charge in [-0.05, 0) is 49.9 Å². The number of anilines is 1. The van der Waals surface area contributed by atoms with Crippen LogP contribution in [0.3, 0.4) is 0 Å². The number of hydrogen-bond acceptors (Lipinski definition) is 6. The van der Waals surface area contributed by atoms with Crippen LogP contribution in [0.25, 0.3) is 0 Å². The van der Waals surface area contributed by atoms with Crippen LogP contribution < -0.4 is 9.64 Å². The standard InChI is InChI=1S/C26H29Cl2N4O3/c1-2-30-11-13-32(14-12-30)21-4-6-22(7-5-21)33-16-23-17-34-26(35-23,18-31-10-9-29-19-31)24-8-3-20(27)15-25(24)28/h3-10,15,19,23H,1-2,11-14,16-18H2. The maximum absolute atomic E-state index is 6.54. The molecule has 2 saturated heterocycles. The summed E-state index contributed by atoms with van der Waals surface area (Å²) in [6, 6.07) is 13.6. The highest BCUT2D eigenvalue weighted by Gasteiger charge is 2.45. The smallest absolute Gasteiger partial charge is 0.215 e. The van der Waals surface area contributed by atoms with Gasteiger partial charge in [-0.2, -0.15) is 0 Å². The average molecular weight is 516 g/mol. The molecule has 1 aromatic heterocycles. The minimum absolute atomic E-state index is 0.263. The van der Waals surface area contributed by atoms with Crippen LogP contribution in [0.5, 0.6) is 5.75 Å². The van der Waals surface area contributed by atoms with Crippen molar-refractivity contribution < 1.29 is 14.2 Å². The van der Waals surface area contributed by atoms with E-state index < -0.39 is 5.79 Å². The third-order valence-corrected chi connectivity index (χ3v) is 7.02. The maximum atomic E-state index is 6.54. The van der Waals surface area contributed by atoms with Crippen molar-refractivity contribution in [3.8, 4) is 5.75 Å². The molecule has 3 aromatic rings. The lowest BCUT2D eigenvalue weighted by molar-refractivity contribution is -0.189. The lowest BCUT2D eigenvalue weighted by atomic mass is 10.1. The van der Waals surface area contributed by atoms with Gasteiger partial charge in [0.15, 0.2) is 0 Å². The molecule has 2 unspecified atom stereocenters. The van der Waals surface area contributed by atoms with Crippen molar-refractivity contribution in [3.63, 3.8) is 0 Å². The third-order valence-electron chi connectivity index (χ3n) is 6.48. The van der Waals surface area contributed by atoms with Gasteiger partial charge in [-0.3, -0.25) is 4.90 Å². The molecule has 2 atom stereocenters. The molecular formula is C26H29Cl2N4O3. The Morgan fingerprint density at radius 3 is 2.57 bits per heavy atom. The molecule has 1 radical (unpaired) electrons. The highest BCUT2D eigenvalue weighted by Crippen LogP contribution is 2.40. The lowest BCUT2D eigenvalue weighted by Gasteiger charge is -2.35. The number of ether oxygens (including phenoxy) is 3. The fraction of sp³-hybridized carbons (Fsp3) is 0.385. The molecule has 0 N–H and O–H groups in total. The maximum Gasteiger partial charge on any atom is 0.215 e. The number of halogens is 2. The van der Waals surface area contributed by atoms with E-state index in [0.29, 0.717) is 29.8 Å². The largest absolute Gasteiger partial charge is 0.491 e. The van der Waals surface area contributed by atoms with Gasteiger partial charge in [-0.25, -0.2) is 4.98 Å². The van der Waals surface area contributed by atoms with Gasteiger partial charge in [0, 0.05) is 54.8 Å². The van der Waals surface area contributed by atoms with E-state index in [1.54, 1.807) is 24.7 Å². The normalized spacial score (nSPS) is 23.1. The summed E-state index contributed by atoms with van der Waals surface area (Å²) in [7, 11) is 0. The molecule has 5 rings (SSSR count). The number of benzene rings is 2. The van der Waals surface area contributed by atoms with Crippen molar-refractivity contribution in [1.29, 1.82) is 0 Å². The van der Waals surface area contributed by atoms with E-state index in [1.165, 1.54) is 5.69 Å². The number of hydrogen-bond donors (Lipinski definition) is 0. The van der Waals surface area contributed by atoms with Gasteiger partial charge in [0.05, 0.1) is 24.5 Å². The summed E-state index contributed by atoms with van der Waals surface area (Å²) in [6.45, 7) is 10.1. The van der Waals surface area contributed by atoms with E-state index in [-0.39, 0.29) is 6.10 Å². The molecule has 185 valence electrons. The first-order chi connectivity index (χ1) is 17.0. The summed E-state index contributed by atoms with van der Waals surface area (Å²) < 4.78 is 20.7. The van der Waals surface area contributed by atoms with Crippen molar-refractivity contribution in [3.05, 3.63) is 83.7 Å². The Kier molecular flexibility index (Phi) is 7.51. The fourth-order valence-electron chi connectivity index (χ4n) is 4.55. The first kappa shape index (κ1) is 24.4. The summed E-state index contributed by atoms with van der Waals surface area (Å²) in [6.07, 6.45) is 5.04. The zero-order valence-corrected chi connectivity index (χ0v) is 21.0. The molecule has 2 fully saturated rings. The number of rotatable bonds is 8. The highest BCUT2D eigenvalue weighted by atomic mass is 35.5. The molecule has 35 heavy (non-hydrogen) atoms. The van der Waals surface area contributed by atoms with Crippen LogP contribution in [0.4, 0.5) is 5.69 Å². The number of piperazine rings is 1. The van der Waals surface area contributed by atoms with E-state index in [0.717, 1.165) is 44.0 Å². The van der Waals surface area contributed by atoms with E-state index >= 15 is 0 Å². The van der Waals surface area contributed by atoms with Crippen LogP contribution in [-0.2, 0) is 21.8 Å². The van der Waals surface area contributed by atoms with E-state index in [4.69, 9.17) is 37.4 Å². The van der Waals surface area contributed by atoms with Crippen molar-refractivity contribution in [2.24, 2.45) is 0 Å². The minimum atomic E-state index is -1.06. The van der Waals surface area contributed by atoms with E-state index in [2.05, 4.69) is 33.8 Å². The Morgan fingerprint density at radius 1 is 1.09 bits per heavy atom. The first-order valence-electron chi connectivity index (χ1n) is 11.8. The van der Waals surface area contributed by atoms with Gasteiger partial charge in [-0.1, -0.05) is 29.3 Å². The molecule has 2 aromatic carbocycles. The molecule has 3 heterocycles. The number of imidazole rings is 1. The van der Waals surface area contributed by atoms with Crippen LogP contribution in [0.15, 0.2) is 61.2 Å². The fourth-order valence-corrected chi connectivity index (χ4v) is 5.10. The minimum Gasteiger partial charge on any atom is -0.491 e. The van der Waals surface area contributed by atoms with E-state index in [1.807, 2.05) is 29.0 Å². The van der Waals surface area contributed by atoms with Gasteiger partial charge < -0.3 is 23.7 Å². The highest BCUT2D eigenvalue weighted by molar-refractivity contribution is 6.35. The molecule has 0 bridgehead atoms. The number of nitrogens with zero attached hydrogens (tertiary/aromatic N) is 4. The summed E-state index contributed by atoms with van der Waals surface area (Å²) in [5, 5.41) is 1.05. The van der Waals surface area contributed by atoms with Crippen LogP contribution in [-0.4, -0.2) is 66.5 Å². The number of aromatic nitrogens is 2. The Balaban J connectivity index is 1.23. The molecule has 2 aliphatic heterocycles. The Labute approximate surface area is 216 Å². The van der Waals surface area contributed by atoms with Crippen molar-refractivity contribution >= 4 is 28.9 Å². The topological polar surface area (TPSA) is 52.0 Å². The monoisotopic (exact) mass is 515 g/mol. The summed E-state index contributed by atoms with van der Waals surface area (Å²) >= 11 is 12.7. The van der Waals surface area contributed by atoms with Gasteiger partial charge in [0.25, 0.3) is 0 Å². The zero-order valence-electron chi connectivity index (χ0n) is 19.5. The molecule has 7 nitrogen and oxygen atoms in total. The zero-order chi connectivity index (χ0) is 24.3. The molecule has 0 spiro atoms. The van der Waals surface area contributed by atoms with Crippen molar-refractivity contribution in [2.45, 2.75) is 18.4 Å². The second kappa shape index (κ2) is 10.8. The van der Waals surface area contributed by atoms with Crippen molar-refractivity contribution in [2.75, 3.05) is 50.8 Å². The summed E-state index contributed by atoms with van der Waals surface area (Å²) in [5.74, 6) is -0.262.